The van der Waals surface area contributed by atoms with Gasteiger partial charge in [-0.25, -0.2) is 0 Å². The van der Waals surface area contributed by atoms with Crippen molar-refractivity contribution in [2.45, 2.75) is 37.6 Å². The van der Waals surface area contributed by atoms with Crippen LogP contribution in [-0.2, 0) is 9.59 Å². The van der Waals surface area contributed by atoms with Crippen molar-refractivity contribution >= 4 is 11.9 Å². The van der Waals surface area contributed by atoms with Gasteiger partial charge in [0.25, 0.3) is 0 Å². The summed E-state index contributed by atoms with van der Waals surface area (Å²) in [5.74, 6) is -1.17. The van der Waals surface area contributed by atoms with Gasteiger partial charge in [-0.15, -0.1) is 0 Å². The maximum atomic E-state index is 11.8. The van der Waals surface area contributed by atoms with Crippen molar-refractivity contribution in [1.29, 1.82) is 0 Å². The Kier molecular flexibility index (Phi) is 3.97. The van der Waals surface area contributed by atoms with Crippen LogP contribution in [0.3, 0.4) is 0 Å². The molecule has 0 spiro atoms. The van der Waals surface area contributed by atoms with Crippen molar-refractivity contribution in [2.24, 2.45) is 0 Å². The first kappa shape index (κ1) is 12.6. The van der Waals surface area contributed by atoms with Crippen LogP contribution in [0.2, 0.25) is 0 Å². The summed E-state index contributed by atoms with van der Waals surface area (Å²) in [5.41, 5.74) is 0.908. The second kappa shape index (κ2) is 5.67. The van der Waals surface area contributed by atoms with E-state index in [1.54, 1.807) is 0 Å². The maximum absolute atomic E-state index is 11.8. The van der Waals surface area contributed by atoms with Gasteiger partial charge in [-0.05, 0) is 18.4 Å². The summed E-state index contributed by atoms with van der Waals surface area (Å²) in [6.07, 6.45) is 2.32. The van der Waals surface area contributed by atoms with E-state index in [2.05, 4.69) is 5.32 Å². The number of carboxylic acid groups (broad SMARTS) is 1. The van der Waals surface area contributed by atoms with Crippen molar-refractivity contribution in [3.63, 3.8) is 0 Å². The van der Waals surface area contributed by atoms with Gasteiger partial charge >= 0.3 is 5.97 Å². The number of hydrogen-bond acceptors (Lipinski definition) is 2. The van der Waals surface area contributed by atoms with E-state index in [1.165, 1.54) is 0 Å². The number of amides is 1. The summed E-state index contributed by atoms with van der Waals surface area (Å²) < 4.78 is 0. The third-order valence-corrected chi connectivity index (χ3v) is 3.07. The smallest absolute Gasteiger partial charge is 0.303 e. The number of nitrogens with one attached hydrogen (secondary N) is 1. The monoisotopic (exact) mass is 247 g/mol. The Morgan fingerprint density at radius 1 is 1.22 bits per heavy atom. The average molecular weight is 247 g/mol. The first-order valence-corrected chi connectivity index (χ1v) is 6.21. The Hall–Kier alpha value is -1.84. The van der Waals surface area contributed by atoms with E-state index >= 15 is 0 Å². The van der Waals surface area contributed by atoms with Gasteiger partial charge in [-0.3, -0.25) is 9.59 Å². The summed E-state index contributed by atoms with van der Waals surface area (Å²) in [6.45, 7) is 0. The van der Waals surface area contributed by atoms with Gasteiger partial charge < -0.3 is 10.4 Å². The Bertz CT molecular complexity index is 426. The largest absolute Gasteiger partial charge is 0.481 e. The highest BCUT2D eigenvalue weighted by Crippen LogP contribution is 2.25. The fourth-order valence-corrected chi connectivity index (χ4v) is 1.98. The van der Waals surface area contributed by atoms with Crippen LogP contribution in [0.25, 0.3) is 0 Å². The quantitative estimate of drug-likeness (QED) is 0.807. The lowest BCUT2D eigenvalue weighted by molar-refractivity contribution is -0.137. The average Bonchev–Trinajstić information content (AvgIpc) is 3.12. The molecule has 1 aliphatic rings. The van der Waals surface area contributed by atoms with Crippen LogP contribution >= 0.6 is 0 Å². The summed E-state index contributed by atoms with van der Waals surface area (Å²) in [4.78, 5) is 22.6. The Morgan fingerprint density at radius 2 is 1.89 bits per heavy atom. The normalized spacial score (nSPS) is 16.0. The van der Waals surface area contributed by atoms with Gasteiger partial charge in [-0.1, -0.05) is 30.3 Å². The van der Waals surface area contributed by atoms with Gasteiger partial charge in [0.05, 0.1) is 6.42 Å². The number of carboxylic acids is 1. The van der Waals surface area contributed by atoms with Gasteiger partial charge in [0.15, 0.2) is 0 Å². The highest BCUT2D eigenvalue weighted by Gasteiger charge is 2.25. The predicted molar refractivity (Wildman–Crippen MR) is 67.2 cm³/mol. The summed E-state index contributed by atoms with van der Waals surface area (Å²) >= 11 is 0. The molecule has 0 aliphatic heterocycles. The maximum Gasteiger partial charge on any atom is 0.303 e. The van der Waals surface area contributed by atoms with Crippen molar-refractivity contribution in [3.05, 3.63) is 35.9 Å². The molecule has 4 heteroatoms. The third-order valence-electron chi connectivity index (χ3n) is 3.07. The highest BCUT2D eigenvalue weighted by atomic mass is 16.4. The number of hydrogen-bond donors (Lipinski definition) is 2. The van der Waals surface area contributed by atoms with Crippen LogP contribution in [-0.4, -0.2) is 23.0 Å². The summed E-state index contributed by atoms with van der Waals surface area (Å²) in [6, 6.07) is 9.67. The zero-order valence-corrected chi connectivity index (χ0v) is 10.1. The molecule has 0 heterocycles. The van der Waals surface area contributed by atoms with Gasteiger partial charge in [0, 0.05) is 18.4 Å². The van der Waals surface area contributed by atoms with E-state index < -0.39 is 5.97 Å². The Balaban J connectivity index is 1.99. The van der Waals surface area contributed by atoms with E-state index in [4.69, 9.17) is 5.11 Å². The molecule has 1 aliphatic carbocycles. The van der Waals surface area contributed by atoms with E-state index in [0.717, 1.165) is 18.4 Å². The fourth-order valence-electron chi connectivity index (χ4n) is 1.98. The number of benzene rings is 1. The van der Waals surface area contributed by atoms with Crippen LogP contribution in [0, 0.1) is 0 Å². The molecule has 1 fully saturated rings. The van der Waals surface area contributed by atoms with E-state index in [9.17, 15) is 9.59 Å². The van der Waals surface area contributed by atoms with Gasteiger partial charge in [-0.2, -0.15) is 0 Å². The molecule has 4 nitrogen and oxygen atoms in total. The van der Waals surface area contributed by atoms with Crippen LogP contribution in [0.4, 0.5) is 0 Å². The molecular weight excluding hydrogens is 230 g/mol. The van der Waals surface area contributed by atoms with Crippen molar-refractivity contribution < 1.29 is 14.7 Å². The molecule has 2 N–H and O–H groups in total. The molecule has 1 aromatic rings. The van der Waals surface area contributed by atoms with Crippen molar-refractivity contribution in [1.82, 2.24) is 5.32 Å². The Morgan fingerprint density at radius 3 is 2.44 bits per heavy atom. The van der Waals surface area contributed by atoms with Crippen molar-refractivity contribution in [2.75, 3.05) is 0 Å². The standard InChI is InChI=1S/C14H17NO3/c16-13(15-12-6-7-12)8-11(9-14(17)18)10-4-2-1-3-5-10/h1-5,11-12H,6-9H2,(H,15,16)(H,17,18)/t11-/m0/s1. The first-order valence-electron chi connectivity index (χ1n) is 6.21. The molecule has 1 amide bonds. The highest BCUT2D eigenvalue weighted by molar-refractivity contribution is 5.78. The molecule has 0 radical (unpaired) electrons. The SMILES string of the molecule is O=C(O)C[C@H](CC(=O)NC1CC1)c1ccccc1. The minimum absolute atomic E-state index is 0.0118. The van der Waals surface area contributed by atoms with Crippen LogP contribution < -0.4 is 5.32 Å². The van der Waals surface area contributed by atoms with E-state index in [-0.39, 0.29) is 24.7 Å². The zero-order valence-electron chi connectivity index (χ0n) is 10.1. The molecule has 1 saturated carbocycles. The molecule has 1 atom stereocenters. The van der Waals surface area contributed by atoms with E-state index in [1.807, 2.05) is 30.3 Å². The number of rotatable bonds is 6. The summed E-state index contributed by atoms with van der Waals surface area (Å²) in [5, 5.41) is 11.8. The van der Waals surface area contributed by atoms with Gasteiger partial charge in [0.2, 0.25) is 5.91 Å². The molecule has 18 heavy (non-hydrogen) atoms. The molecule has 0 saturated heterocycles. The molecule has 0 bridgehead atoms. The van der Waals surface area contributed by atoms with Crippen LogP contribution in [0.1, 0.15) is 37.2 Å². The fraction of sp³-hybridized carbons (Fsp3) is 0.429. The molecule has 0 unspecified atom stereocenters. The van der Waals surface area contributed by atoms with Crippen LogP contribution in [0.15, 0.2) is 30.3 Å². The third kappa shape index (κ3) is 3.87. The molecule has 96 valence electrons. The lowest BCUT2D eigenvalue weighted by atomic mass is 9.92. The second-order valence-electron chi connectivity index (χ2n) is 4.75. The number of carbonyl (C=O) groups is 2. The zero-order chi connectivity index (χ0) is 13.0. The number of carbonyl (C=O) groups excluding carboxylic acids is 1. The molecule has 0 aromatic heterocycles. The lowest BCUT2D eigenvalue weighted by Crippen LogP contribution is -2.27. The topological polar surface area (TPSA) is 66.4 Å². The number of aliphatic carboxylic acids is 1. The second-order valence-corrected chi connectivity index (χ2v) is 4.75. The van der Waals surface area contributed by atoms with Crippen molar-refractivity contribution in [3.8, 4) is 0 Å². The molecule has 1 aromatic carbocycles. The van der Waals surface area contributed by atoms with Gasteiger partial charge in [0.1, 0.15) is 0 Å². The lowest BCUT2D eigenvalue weighted by Gasteiger charge is -2.15. The molecular formula is C14H17NO3. The first-order chi connectivity index (χ1) is 8.65. The Labute approximate surface area is 106 Å². The minimum Gasteiger partial charge on any atom is -0.481 e. The summed E-state index contributed by atoms with van der Waals surface area (Å²) in [7, 11) is 0. The van der Waals surface area contributed by atoms with Crippen LogP contribution in [0.5, 0.6) is 0 Å². The minimum atomic E-state index is -0.872. The molecule has 2 rings (SSSR count). The van der Waals surface area contributed by atoms with E-state index in [0.29, 0.717) is 6.04 Å². The predicted octanol–water partition coefficient (Wildman–Crippen LogP) is 1.91.